The summed E-state index contributed by atoms with van der Waals surface area (Å²) in [6.45, 7) is 6.56. The Morgan fingerprint density at radius 2 is 0.750 bits per heavy atom. The first-order valence-electron chi connectivity index (χ1n) is 29.2. The Morgan fingerprint density at radius 3 is 1.12 bits per heavy atom. The molecular weight excluding hydrogens is 849 g/mol. The van der Waals surface area contributed by atoms with Gasteiger partial charge in [0.05, 0.1) is 6.61 Å². The van der Waals surface area contributed by atoms with Gasteiger partial charge < -0.3 is 24.1 Å². The molecule has 0 aromatic heterocycles. The summed E-state index contributed by atoms with van der Waals surface area (Å²) in [6.07, 6.45) is 56.8. The van der Waals surface area contributed by atoms with Gasteiger partial charge in [0.25, 0.3) is 0 Å². The number of rotatable bonds is 50. The van der Waals surface area contributed by atoms with Gasteiger partial charge in [-0.3, -0.25) is 14.4 Å². The van der Waals surface area contributed by atoms with Crippen molar-refractivity contribution in [3.05, 3.63) is 36.5 Å². The first-order chi connectivity index (χ1) is 33.4. The predicted octanol–water partition coefficient (Wildman–Crippen LogP) is 17.2. The molecule has 1 rings (SSSR count). The third-order valence-electron chi connectivity index (χ3n) is 13.4. The van der Waals surface area contributed by atoms with Gasteiger partial charge in [0.15, 0.2) is 12.2 Å². The van der Waals surface area contributed by atoms with Crippen LogP contribution in [-0.2, 0) is 33.3 Å². The van der Waals surface area contributed by atoms with Gasteiger partial charge in [-0.2, -0.15) is 0 Å². The predicted molar refractivity (Wildman–Crippen MR) is 285 cm³/mol. The zero-order valence-electron chi connectivity index (χ0n) is 44.7. The number of carbonyl (C=O) groups excluding carboxylic acids is 3. The lowest BCUT2D eigenvalue weighted by Gasteiger charge is -2.26. The fourth-order valence-electron chi connectivity index (χ4n) is 8.96. The number of ether oxygens (including phenoxy) is 4. The molecule has 0 bridgehead atoms. The minimum Gasteiger partial charge on any atom is -0.462 e. The molecule has 1 saturated heterocycles. The van der Waals surface area contributed by atoms with Crippen molar-refractivity contribution >= 4 is 17.9 Å². The summed E-state index contributed by atoms with van der Waals surface area (Å²) in [5.41, 5.74) is 0. The summed E-state index contributed by atoms with van der Waals surface area (Å²) in [7, 11) is 0. The van der Waals surface area contributed by atoms with Crippen molar-refractivity contribution < 1.29 is 38.4 Å². The molecule has 1 aliphatic heterocycles. The minimum atomic E-state index is -1.20. The van der Waals surface area contributed by atoms with Crippen molar-refractivity contribution in [2.24, 2.45) is 0 Å². The highest BCUT2D eigenvalue weighted by atomic mass is 16.6. The summed E-state index contributed by atoms with van der Waals surface area (Å²) in [5.74, 6) is -1.11. The van der Waals surface area contributed by atoms with Crippen molar-refractivity contribution in [3.8, 4) is 0 Å². The Kier molecular flexibility index (Phi) is 46.3. The number of aliphatic hydroxyl groups is 1. The van der Waals surface area contributed by atoms with Gasteiger partial charge in [0, 0.05) is 19.3 Å². The zero-order valence-corrected chi connectivity index (χ0v) is 44.7. The molecule has 0 amide bonds. The molecule has 8 heteroatoms. The maximum absolute atomic E-state index is 13.1. The number of aliphatic hydroxyl groups excluding tert-OH is 1. The van der Waals surface area contributed by atoms with E-state index in [1.807, 2.05) is 0 Å². The molecular formula is C60H108O8. The van der Waals surface area contributed by atoms with Crippen molar-refractivity contribution in [3.63, 3.8) is 0 Å². The van der Waals surface area contributed by atoms with Crippen LogP contribution in [0.1, 0.15) is 290 Å². The van der Waals surface area contributed by atoms with Crippen LogP contribution in [-0.4, -0.2) is 60.6 Å². The van der Waals surface area contributed by atoms with Gasteiger partial charge >= 0.3 is 17.9 Å². The van der Waals surface area contributed by atoms with Crippen LogP contribution in [0.25, 0.3) is 0 Å². The third kappa shape index (κ3) is 40.3. The first kappa shape index (κ1) is 63.6. The van der Waals surface area contributed by atoms with Crippen LogP contribution >= 0.6 is 0 Å². The second-order valence-corrected chi connectivity index (χ2v) is 20.0. The van der Waals surface area contributed by atoms with E-state index in [4.69, 9.17) is 18.9 Å². The van der Waals surface area contributed by atoms with Gasteiger partial charge in [-0.25, -0.2) is 0 Å². The van der Waals surface area contributed by atoms with Crippen LogP contribution < -0.4 is 0 Å². The van der Waals surface area contributed by atoms with Gasteiger partial charge in [-0.15, -0.1) is 0 Å². The Bertz CT molecular complexity index is 1230. The van der Waals surface area contributed by atoms with E-state index in [0.29, 0.717) is 12.8 Å². The summed E-state index contributed by atoms with van der Waals surface area (Å²) >= 11 is 0. The summed E-state index contributed by atoms with van der Waals surface area (Å²) in [4.78, 5) is 38.7. The number of esters is 3. The molecule has 8 nitrogen and oxygen atoms in total. The largest absolute Gasteiger partial charge is 0.462 e. The molecule has 68 heavy (non-hydrogen) atoms. The topological polar surface area (TPSA) is 108 Å². The molecule has 1 N–H and O–H groups in total. The molecule has 0 aromatic rings. The highest BCUT2D eigenvalue weighted by Crippen LogP contribution is 2.25. The van der Waals surface area contributed by atoms with E-state index in [2.05, 4.69) is 57.2 Å². The highest BCUT2D eigenvalue weighted by molar-refractivity contribution is 5.70. The summed E-state index contributed by atoms with van der Waals surface area (Å²) < 4.78 is 23.1. The molecule has 0 aliphatic carbocycles. The standard InChI is InChI=1S/C60H108O8/c1-4-7-10-13-16-19-22-25-28-31-34-37-40-43-46-49-56(61)65-53-55(68-58(63)51-48-45-42-39-36-33-30-27-24-21-18-15-12-9-6-3)60-59(64)54(52-66-60)67-57(62)50-47-44-41-38-35-32-29-26-23-20-17-14-11-8-5-2/h25-30,54-55,59-60,64H,4-24,31-53H2,1-3H3. The van der Waals surface area contributed by atoms with Gasteiger partial charge in [0.1, 0.15) is 18.8 Å². The fraction of sp³-hybridized carbons (Fsp3) is 0.850. The van der Waals surface area contributed by atoms with E-state index >= 15 is 0 Å². The SMILES string of the molecule is CCCCCCCCC=CCCCCCCCC(=O)OCC(OC(=O)CCCCCCCC=CCCCCCCCC)C1OCC(OC(=O)CCCCCCCC=CCCCCCCCC)C1O. The molecule has 1 aliphatic rings. The molecule has 0 aromatic carbocycles. The molecule has 0 saturated carbocycles. The van der Waals surface area contributed by atoms with E-state index in [1.165, 1.54) is 148 Å². The van der Waals surface area contributed by atoms with Crippen LogP contribution in [0, 0.1) is 0 Å². The lowest BCUT2D eigenvalue weighted by atomic mass is 10.1. The Morgan fingerprint density at radius 1 is 0.441 bits per heavy atom. The van der Waals surface area contributed by atoms with Crippen LogP contribution in [0.2, 0.25) is 0 Å². The highest BCUT2D eigenvalue weighted by Gasteiger charge is 2.45. The van der Waals surface area contributed by atoms with E-state index in [0.717, 1.165) is 96.3 Å². The maximum Gasteiger partial charge on any atom is 0.306 e. The Labute approximate surface area is 419 Å². The number of hydrogen-bond donors (Lipinski definition) is 1. The zero-order chi connectivity index (χ0) is 49.2. The lowest BCUT2D eigenvalue weighted by Crippen LogP contribution is -2.44. The van der Waals surface area contributed by atoms with Crippen molar-refractivity contribution in [2.75, 3.05) is 13.2 Å². The number of allylic oxidation sites excluding steroid dienone is 6. The lowest BCUT2D eigenvalue weighted by molar-refractivity contribution is -0.171. The summed E-state index contributed by atoms with van der Waals surface area (Å²) in [5, 5.41) is 11.3. The van der Waals surface area contributed by atoms with Crippen molar-refractivity contribution in [1.82, 2.24) is 0 Å². The van der Waals surface area contributed by atoms with E-state index in [9.17, 15) is 19.5 Å². The minimum absolute atomic E-state index is 0.00486. The van der Waals surface area contributed by atoms with Crippen LogP contribution in [0.15, 0.2) is 36.5 Å². The Hall–Kier alpha value is -2.45. The number of hydrogen-bond acceptors (Lipinski definition) is 8. The van der Waals surface area contributed by atoms with Crippen LogP contribution in [0.5, 0.6) is 0 Å². The molecule has 1 fully saturated rings. The first-order valence-corrected chi connectivity index (χ1v) is 29.2. The van der Waals surface area contributed by atoms with Crippen LogP contribution in [0.3, 0.4) is 0 Å². The van der Waals surface area contributed by atoms with Crippen molar-refractivity contribution in [2.45, 2.75) is 315 Å². The number of carbonyl (C=O) groups is 3. The molecule has 0 radical (unpaired) electrons. The van der Waals surface area contributed by atoms with E-state index < -0.39 is 30.4 Å². The quantitative estimate of drug-likeness (QED) is 0.0278. The van der Waals surface area contributed by atoms with Crippen LogP contribution in [0.4, 0.5) is 0 Å². The number of unbranched alkanes of at least 4 members (excludes halogenated alkanes) is 33. The molecule has 1 heterocycles. The summed E-state index contributed by atoms with van der Waals surface area (Å²) in [6, 6.07) is 0. The third-order valence-corrected chi connectivity index (χ3v) is 13.4. The second-order valence-electron chi connectivity index (χ2n) is 20.0. The molecule has 0 spiro atoms. The van der Waals surface area contributed by atoms with E-state index in [-0.39, 0.29) is 38.0 Å². The van der Waals surface area contributed by atoms with Gasteiger partial charge in [0.2, 0.25) is 0 Å². The molecule has 4 unspecified atom stereocenters. The average Bonchev–Trinajstić information content (AvgIpc) is 3.69. The average molecular weight is 958 g/mol. The smallest absolute Gasteiger partial charge is 0.306 e. The van der Waals surface area contributed by atoms with Crippen molar-refractivity contribution in [1.29, 1.82) is 0 Å². The monoisotopic (exact) mass is 957 g/mol. The maximum atomic E-state index is 13.1. The van der Waals surface area contributed by atoms with E-state index in [1.54, 1.807) is 0 Å². The fourth-order valence-corrected chi connectivity index (χ4v) is 8.96. The van der Waals surface area contributed by atoms with Gasteiger partial charge in [-0.05, 0) is 96.3 Å². The van der Waals surface area contributed by atoms with Gasteiger partial charge in [-0.1, -0.05) is 211 Å². The Balaban J connectivity index is 2.44. The molecule has 4 atom stereocenters. The second kappa shape index (κ2) is 49.5. The normalized spacial score (nSPS) is 16.7. The molecule has 396 valence electrons.